The third-order valence-corrected chi connectivity index (χ3v) is 5.39. The number of anilines is 1. The predicted molar refractivity (Wildman–Crippen MR) is 101 cm³/mol. The number of fused-ring (bicyclic) bond motifs is 3. The van der Waals surface area contributed by atoms with Gasteiger partial charge in [-0.25, -0.2) is 9.66 Å². The molecule has 0 spiro atoms. The van der Waals surface area contributed by atoms with Crippen LogP contribution < -0.4 is 5.43 Å². The summed E-state index contributed by atoms with van der Waals surface area (Å²) >= 11 is 7.02. The Morgan fingerprint density at radius 2 is 2.04 bits per heavy atom. The molecule has 0 saturated carbocycles. The van der Waals surface area contributed by atoms with Gasteiger partial charge in [0.1, 0.15) is 10.5 Å². The zero-order chi connectivity index (χ0) is 16.8. The highest BCUT2D eigenvalue weighted by Crippen LogP contribution is 2.33. The second kappa shape index (κ2) is 5.68. The van der Waals surface area contributed by atoms with E-state index in [1.807, 2.05) is 35.0 Å². The Morgan fingerprint density at radius 3 is 2.96 bits per heavy atom. The van der Waals surface area contributed by atoms with E-state index in [1.165, 1.54) is 0 Å². The van der Waals surface area contributed by atoms with E-state index in [0.29, 0.717) is 10.5 Å². The van der Waals surface area contributed by atoms with Crippen LogP contribution in [0.15, 0.2) is 53.8 Å². The van der Waals surface area contributed by atoms with Gasteiger partial charge < -0.3 is 4.98 Å². The van der Waals surface area contributed by atoms with Gasteiger partial charge in [0.05, 0.1) is 11.1 Å². The number of nitrogens with zero attached hydrogens (tertiary/aromatic N) is 4. The Balaban J connectivity index is 1.68. The van der Waals surface area contributed by atoms with Crippen LogP contribution in [0.4, 0.5) is 5.82 Å². The van der Waals surface area contributed by atoms with Crippen molar-refractivity contribution in [3.63, 3.8) is 0 Å². The number of rotatable bonds is 1. The van der Waals surface area contributed by atoms with E-state index in [2.05, 4.69) is 32.7 Å². The fourth-order valence-corrected chi connectivity index (χ4v) is 3.94. The van der Waals surface area contributed by atoms with Crippen molar-refractivity contribution in [2.45, 2.75) is 10.9 Å². The van der Waals surface area contributed by atoms with Crippen LogP contribution in [-0.4, -0.2) is 24.8 Å². The largest absolute Gasteiger partial charge is 0.352 e. The molecule has 0 bridgehead atoms. The van der Waals surface area contributed by atoms with Gasteiger partial charge in [-0.15, -0.1) is 10.2 Å². The van der Waals surface area contributed by atoms with E-state index in [1.54, 1.807) is 18.0 Å². The average Bonchev–Trinajstić information content (AvgIpc) is 2.94. The number of benzene rings is 1. The average molecular weight is 364 g/mol. The summed E-state index contributed by atoms with van der Waals surface area (Å²) in [6.07, 6.45) is 1.80. The molecule has 2 N–H and O–H groups in total. The first kappa shape index (κ1) is 14.6. The molecule has 122 valence electrons. The molecule has 5 rings (SSSR count). The zero-order valence-corrected chi connectivity index (χ0v) is 14.6. The van der Waals surface area contributed by atoms with Gasteiger partial charge >= 0.3 is 0 Å². The van der Waals surface area contributed by atoms with Crippen molar-refractivity contribution in [3.8, 4) is 11.4 Å². The number of para-hydroxylation sites is 1. The third kappa shape index (κ3) is 2.41. The van der Waals surface area contributed by atoms with Crippen molar-refractivity contribution in [1.82, 2.24) is 24.8 Å². The lowest BCUT2D eigenvalue weighted by Crippen LogP contribution is -2.13. The molecule has 1 aliphatic heterocycles. The summed E-state index contributed by atoms with van der Waals surface area (Å²) < 4.78 is 2.48. The van der Waals surface area contributed by atoms with E-state index >= 15 is 0 Å². The maximum Gasteiger partial charge on any atom is 0.210 e. The van der Waals surface area contributed by atoms with Crippen LogP contribution in [0.2, 0.25) is 0 Å². The molecule has 3 aromatic heterocycles. The Labute approximate surface area is 152 Å². The van der Waals surface area contributed by atoms with E-state index in [-0.39, 0.29) is 0 Å². The Kier molecular flexibility index (Phi) is 3.32. The van der Waals surface area contributed by atoms with Crippen LogP contribution in [0.5, 0.6) is 0 Å². The Hall–Kier alpha value is -2.71. The van der Waals surface area contributed by atoms with Crippen LogP contribution in [0.1, 0.15) is 5.56 Å². The summed E-state index contributed by atoms with van der Waals surface area (Å²) in [6.45, 7) is 0. The SMILES string of the molecule is S=c1[nH]cccc1-c1nnc2n1Nc1nc3ccccc3cc1CS2. The molecule has 0 amide bonds. The van der Waals surface area contributed by atoms with Crippen LogP contribution in [0.3, 0.4) is 0 Å². The van der Waals surface area contributed by atoms with E-state index in [0.717, 1.165) is 38.8 Å². The van der Waals surface area contributed by atoms with Gasteiger partial charge in [0.15, 0.2) is 5.82 Å². The van der Waals surface area contributed by atoms with Crippen LogP contribution in [-0.2, 0) is 5.75 Å². The van der Waals surface area contributed by atoms with E-state index < -0.39 is 0 Å². The number of thioether (sulfide) groups is 1. The Morgan fingerprint density at radius 1 is 1.12 bits per heavy atom. The number of pyridine rings is 2. The lowest BCUT2D eigenvalue weighted by Gasteiger charge is -2.11. The smallest absolute Gasteiger partial charge is 0.210 e. The molecule has 0 atom stereocenters. The van der Waals surface area contributed by atoms with Crippen molar-refractivity contribution in [3.05, 3.63) is 58.9 Å². The highest BCUT2D eigenvalue weighted by Gasteiger charge is 2.21. The van der Waals surface area contributed by atoms with Gasteiger partial charge in [0.2, 0.25) is 5.16 Å². The minimum atomic E-state index is 0.625. The molecular weight excluding hydrogens is 352 g/mol. The van der Waals surface area contributed by atoms with Gasteiger partial charge in [-0.2, -0.15) is 0 Å². The first-order valence-electron chi connectivity index (χ1n) is 7.71. The monoisotopic (exact) mass is 364 g/mol. The molecule has 0 aliphatic carbocycles. The van der Waals surface area contributed by atoms with Crippen molar-refractivity contribution in [1.29, 1.82) is 0 Å². The van der Waals surface area contributed by atoms with Gasteiger partial charge in [-0.05, 0) is 24.3 Å². The second-order valence-corrected chi connectivity index (χ2v) is 6.99. The highest BCUT2D eigenvalue weighted by molar-refractivity contribution is 7.98. The number of H-pyrrole nitrogens is 1. The minimum Gasteiger partial charge on any atom is -0.352 e. The second-order valence-electron chi connectivity index (χ2n) is 5.64. The lowest BCUT2D eigenvalue weighted by atomic mass is 10.1. The molecule has 6 nitrogen and oxygen atoms in total. The summed E-state index contributed by atoms with van der Waals surface area (Å²) in [5.41, 5.74) is 6.29. The fourth-order valence-electron chi connectivity index (χ4n) is 2.85. The Bertz CT molecular complexity index is 1160. The maximum atomic E-state index is 5.39. The van der Waals surface area contributed by atoms with Crippen molar-refractivity contribution < 1.29 is 0 Å². The van der Waals surface area contributed by atoms with Gasteiger partial charge in [0.25, 0.3) is 0 Å². The molecule has 4 aromatic rings. The maximum absolute atomic E-state index is 5.39. The number of hydrogen-bond acceptors (Lipinski definition) is 6. The molecule has 1 aromatic carbocycles. The van der Waals surface area contributed by atoms with E-state index in [4.69, 9.17) is 17.2 Å². The molecule has 8 heteroatoms. The van der Waals surface area contributed by atoms with Crippen LogP contribution >= 0.6 is 24.0 Å². The molecule has 25 heavy (non-hydrogen) atoms. The van der Waals surface area contributed by atoms with Crippen molar-refractivity contribution >= 4 is 40.7 Å². The first-order valence-corrected chi connectivity index (χ1v) is 9.11. The molecule has 0 radical (unpaired) electrons. The number of nitrogens with one attached hydrogen (secondary N) is 2. The van der Waals surface area contributed by atoms with Crippen molar-refractivity contribution in [2.24, 2.45) is 0 Å². The fraction of sp³-hybridized carbons (Fsp3) is 0.0588. The quantitative estimate of drug-likeness (QED) is 0.497. The summed E-state index contributed by atoms with van der Waals surface area (Å²) in [6, 6.07) is 14.1. The molecule has 0 saturated heterocycles. The van der Waals surface area contributed by atoms with E-state index in [9.17, 15) is 0 Å². The summed E-state index contributed by atoms with van der Waals surface area (Å²) in [5.74, 6) is 2.27. The zero-order valence-electron chi connectivity index (χ0n) is 12.9. The topological polar surface area (TPSA) is 71.4 Å². The number of aromatic amines is 1. The predicted octanol–water partition coefficient (Wildman–Crippen LogP) is 4.03. The van der Waals surface area contributed by atoms with Crippen LogP contribution in [0.25, 0.3) is 22.3 Å². The van der Waals surface area contributed by atoms with Crippen molar-refractivity contribution in [2.75, 3.05) is 5.43 Å². The molecule has 0 unspecified atom stereocenters. The molecular formula is C17H12N6S2. The lowest BCUT2D eigenvalue weighted by molar-refractivity contribution is 0.824. The number of aromatic nitrogens is 5. The normalized spacial score (nSPS) is 13.0. The summed E-state index contributed by atoms with van der Waals surface area (Å²) in [7, 11) is 0. The van der Waals surface area contributed by atoms with Gasteiger partial charge in [-0.1, -0.05) is 42.2 Å². The molecule has 4 heterocycles. The van der Waals surface area contributed by atoms with Gasteiger partial charge in [-0.3, -0.25) is 5.43 Å². The van der Waals surface area contributed by atoms with Gasteiger partial charge in [0, 0.05) is 22.9 Å². The van der Waals surface area contributed by atoms with Crippen LogP contribution in [0, 0.1) is 4.64 Å². The summed E-state index contributed by atoms with van der Waals surface area (Å²) in [5, 5.41) is 10.6. The standard InChI is InChI=1S/C17H12N6S2/c24-16-12(5-3-7-18-16)15-20-21-17-23(15)22-14-11(9-25-17)8-10-4-1-2-6-13(10)19-14/h1-8H,9H2,(H,18,24)(H,19,22). The molecule has 1 aliphatic rings. The minimum absolute atomic E-state index is 0.625. The highest BCUT2D eigenvalue weighted by atomic mass is 32.2. The number of hydrogen-bond donors (Lipinski definition) is 2. The summed E-state index contributed by atoms with van der Waals surface area (Å²) in [4.78, 5) is 7.81. The third-order valence-electron chi connectivity index (χ3n) is 4.07. The molecule has 0 fully saturated rings. The first-order chi connectivity index (χ1) is 12.3.